The third-order valence-corrected chi connectivity index (χ3v) is 6.51. The van der Waals surface area contributed by atoms with Gasteiger partial charge in [-0.05, 0) is 51.2 Å². The molecule has 2 aliphatic heterocycles. The monoisotopic (exact) mass is 454 g/mol. The molecule has 0 unspecified atom stereocenters. The zero-order valence-electron chi connectivity index (χ0n) is 19.9. The fraction of sp³-hybridized carbons (Fsp3) is 0.560. The fourth-order valence-corrected chi connectivity index (χ4v) is 4.96. The van der Waals surface area contributed by atoms with Crippen LogP contribution in [0.1, 0.15) is 51.3 Å². The van der Waals surface area contributed by atoms with Crippen molar-refractivity contribution in [3.63, 3.8) is 0 Å². The zero-order chi connectivity index (χ0) is 23.8. The maximum absolute atomic E-state index is 13.4. The Morgan fingerprint density at radius 3 is 2.70 bits per heavy atom. The molecule has 1 aromatic heterocycles. The van der Waals surface area contributed by atoms with Crippen LogP contribution in [0.15, 0.2) is 24.3 Å². The molecule has 3 heterocycles. The zero-order valence-corrected chi connectivity index (χ0v) is 19.9. The van der Waals surface area contributed by atoms with Gasteiger partial charge in [0.15, 0.2) is 0 Å². The average Bonchev–Trinajstić information content (AvgIpc) is 3.14. The molecule has 2 aliphatic rings. The number of likely N-dealkylation sites (tertiary alicyclic amines) is 1. The van der Waals surface area contributed by atoms with Crippen LogP contribution < -0.4 is 5.32 Å². The van der Waals surface area contributed by atoms with Gasteiger partial charge < -0.3 is 24.8 Å². The van der Waals surface area contributed by atoms with Gasteiger partial charge in [-0.25, -0.2) is 4.79 Å². The summed E-state index contributed by atoms with van der Waals surface area (Å²) in [6.07, 6.45) is 2.18. The van der Waals surface area contributed by atoms with Crippen LogP contribution in [0, 0.1) is 5.92 Å². The van der Waals surface area contributed by atoms with E-state index in [1.54, 1.807) is 16.8 Å². The SMILES string of the molecule is CNC(=O)[C@H]1Cc2c([nH]c3ccccc23)CN1C(=O)C[C@H]1CCCN(C(=O)OC(C)(C)C)C1. The highest BCUT2D eigenvalue weighted by atomic mass is 16.6. The number of likely N-dealkylation sites (N-methyl/N-ethyl adjacent to an activating group) is 1. The van der Waals surface area contributed by atoms with Crippen LogP contribution in [0.2, 0.25) is 0 Å². The second-order valence-electron chi connectivity index (χ2n) is 10.1. The van der Waals surface area contributed by atoms with Gasteiger partial charge in [-0.1, -0.05) is 18.2 Å². The Balaban J connectivity index is 1.49. The maximum Gasteiger partial charge on any atom is 0.410 e. The number of hydrogen-bond acceptors (Lipinski definition) is 4. The molecule has 8 nitrogen and oxygen atoms in total. The van der Waals surface area contributed by atoms with Gasteiger partial charge in [0.2, 0.25) is 11.8 Å². The van der Waals surface area contributed by atoms with Crippen molar-refractivity contribution in [1.82, 2.24) is 20.1 Å². The van der Waals surface area contributed by atoms with E-state index in [1.807, 2.05) is 39.0 Å². The molecule has 1 fully saturated rings. The Bertz CT molecular complexity index is 1050. The van der Waals surface area contributed by atoms with Crippen LogP contribution in [0.5, 0.6) is 0 Å². The number of nitrogens with one attached hydrogen (secondary N) is 2. The number of fused-ring (bicyclic) bond motifs is 3. The highest BCUT2D eigenvalue weighted by molar-refractivity contribution is 5.91. The number of para-hydroxylation sites is 1. The van der Waals surface area contributed by atoms with Gasteiger partial charge in [0.1, 0.15) is 11.6 Å². The number of piperidine rings is 1. The Hall–Kier alpha value is -3.03. The van der Waals surface area contributed by atoms with Crippen LogP contribution in [0.3, 0.4) is 0 Å². The number of H-pyrrole nitrogens is 1. The van der Waals surface area contributed by atoms with Gasteiger partial charge in [0.05, 0.1) is 6.54 Å². The average molecular weight is 455 g/mol. The third-order valence-electron chi connectivity index (χ3n) is 6.51. The topological polar surface area (TPSA) is 94.7 Å². The highest BCUT2D eigenvalue weighted by Crippen LogP contribution is 2.32. The summed E-state index contributed by atoms with van der Waals surface area (Å²) in [6.45, 7) is 7.07. The summed E-state index contributed by atoms with van der Waals surface area (Å²) in [6, 6.07) is 7.49. The minimum Gasteiger partial charge on any atom is -0.444 e. The molecular weight excluding hydrogens is 420 g/mol. The van der Waals surface area contributed by atoms with Crippen molar-refractivity contribution < 1.29 is 19.1 Å². The molecule has 0 bridgehead atoms. The number of amides is 3. The summed E-state index contributed by atoms with van der Waals surface area (Å²) in [5.41, 5.74) is 2.57. The van der Waals surface area contributed by atoms with Crippen LogP contribution >= 0.6 is 0 Å². The molecular formula is C25H34N4O4. The lowest BCUT2D eigenvalue weighted by Gasteiger charge is -2.37. The van der Waals surface area contributed by atoms with Crippen molar-refractivity contribution in [1.29, 1.82) is 0 Å². The van der Waals surface area contributed by atoms with Gasteiger partial charge in [-0.2, -0.15) is 0 Å². The molecule has 1 saturated heterocycles. The lowest BCUT2D eigenvalue weighted by atomic mass is 9.92. The number of carbonyl (C=O) groups excluding carboxylic acids is 3. The Kier molecular flexibility index (Phi) is 6.36. The van der Waals surface area contributed by atoms with Crippen molar-refractivity contribution in [3.05, 3.63) is 35.5 Å². The standard InChI is InChI=1S/C25H34N4O4/c1-25(2,3)33-24(32)28-11-7-8-16(14-28)12-22(30)29-15-20-18(13-21(29)23(31)26-4)17-9-5-6-10-19(17)27-20/h5-6,9-10,16,21,27H,7-8,11-15H2,1-4H3,(H,26,31)/t16-,21-/m1/s1. The predicted molar refractivity (Wildman–Crippen MR) is 126 cm³/mol. The lowest BCUT2D eigenvalue weighted by Crippen LogP contribution is -2.52. The van der Waals surface area contributed by atoms with E-state index in [0.717, 1.165) is 35.0 Å². The van der Waals surface area contributed by atoms with Crippen molar-refractivity contribution in [2.24, 2.45) is 5.92 Å². The first kappa shape index (κ1) is 23.1. The van der Waals surface area contributed by atoms with E-state index in [1.165, 1.54) is 0 Å². The van der Waals surface area contributed by atoms with Gasteiger partial charge in [0.25, 0.3) is 0 Å². The number of ether oxygens (including phenoxy) is 1. The first-order valence-electron chi connectivity index (χ1n) is 11.7. The largest absolute Gasteiger partial charge is 0.444 e. The van der Waals surface area contributed by atoms with Crippen molar-refractivity contribution in [2.45, 2.75) is 64.6 Å². The highest BCUT2D eigenvalue weighted by Gasteiger charge is 2.37. The second-order valence-corrected chi connectivity index (χ2v) is 10.1. The number of aromatic amines is 1. The van der Waals surface area contributed by atoms with Crippen LogP contribution in [0.25, 0.3) is 10.9 Å². The summed E-state index contributed by atoms with van der Waals surface area (Å²) in [5, 5.41) is 3.83. The summed E-state index contributed by atoms with van der Waals surface area (Å²) < 4.78 is 5.51. The molecule has 4 rings (SSSR count). The number of rotatable bonds is 3. The molecule has 178 valence electrons. The van der Waals surface area contributed by atoms with E-state index >= 15 is 0 Å². The normalized spacial score (nSPS) is 21.0. The van der Waals surface area contributed by atoms with Gasteiger partial charge in [-0.3, -0.25) is 9.59 Å². The van der Waals surface area contributed by atoms with Crippen LogP contribution in [0.4, 0.5) is 4.79 Å². The Morgan fingerprint density at radius 2 is 1.97 bits per heavy atom. The lowest BCUT2D eigenvalue weighted by molar-refractivity contribution is -0.142. The molecule has 1 aromatic carbocycles. The van der Waals surface area contributed by atoms with E-state index in [2.05, 4.69) is 16.4 Å². The van der Waals surface area contributed by atoms with Crippen molar-refractivity contribution in [3.8, 4) is 0 Å². The minimum atomic E-state index is -0.550. The summed E-state index contributed by atoms with van der Waals surface area (Å²) in [4.78, 5) is 45.5. The smallest absolute Gasteiger partial charge is 0.410 e. The number of nitrogens with zero attached hydrogens (tertiary/aromatic N) is 2. The third kappa shape index (κ3) is 4.99. The Labute approximate surface area is 194 Å². The minimum absolute atomic E-state index is 0.0493. The van der Waals surface area contributed by atoms with Crippen molar-refractivity contribution in [2.75, 3.05) is 20.1 Å². The molecule has 0 aliphatic carbocycles. The molecule has 0 saturated carbocycles. The number of hydrogen-bond donors (Lipinski definition) is 2. The molecule has 33 heavy (non-hydrogen) atoms. The molecule has 8 heteroatoms. The van der Waals surface area contributed by atoms with E-state index in [-0.39, 0.29) is 23.8 Å². The van der Waals surface area contributed by atoms with E-state index in [4.69, 9.17) is 4.74 Å². The molecule has 3 amide bonds. The molecule has 2 aromatic rings. The first-order chi connectivity index (χ1) is 15.7. The summed E-state index contributed by atoms with van der Waals surface area (Å²) >= 11 is 0. The number of benzene rings is 1. The summed E-state index contributed by atoms with van der Waals surface area (Å²) in [5.74, 6) is -0.157. The second kappa shape index (κ2) is 9.08. The maximum atomic E-state index is 13.4. The van der Waals surface area contributed by atoms with E-state index < -0.39 is 11.6 Å². The van der Waals surface area contributed by atoms with Gasteiger partial charge >= 0.3 is 6.09 Å². The van der Waals surface area contributed by atoms with Gasteiger partial charge in [0, 0.05) is 49.6 Å². The van der Waals surface area contributed by atoms with Gasteiger partial charge in [-0.15, -0.1) is 0 Å². The fourth-order valence-electron chi connectivity index (χ4n) is 4.96. The first-order valence-corrected chi connectivity index (χ1v) is 11.7. The Morgan fingerprint density at radius 1 is 1.21 bits per heavy atom. The molecule has 0 radical (unpaired) electrons. The molecule has 2 atom stereocenters. The van der Waals surface area contributed by atoms with Crippen LogP contribution in [-0.4, -0.2) is 64.5 Å². The van der Waals surface area contributed by atoms with Crippen molar-refractivity contribution >= 4 is 28.8 Å². The predicted octanol–water partition coefficient (Wildman–Crippen LogP) is 3.20. The summed E-state index contributed by atoms with van der Waals surface area (Å²) in [7, 11) is 1.61. The quantitative estimate of drug-likeness (QED) is 0.745. The number of aromatic nitrogens is 1. The molecule has 0 spiro atoms. The van der Waals surface area contributed by atoms with Crippen LogP contribution in [-0.2, 0) is 27.3 Å². The molecule has 2 N–H and O–H groups in total. The number of carbonyl (C=O) groups is 3. The van der Waals surface area contributed by atoms with E-state index in [0.29, 0.717) is 32.5 Å². The van der Waals surface area contributed by atoms with E-state index in [9.17, 15) is 14.4 Å².